The third kappa shape index (κ3) is 21.6. The fraction of sp³-hybridized carbons (Fsp3) is 0.880. The van der Waals surface area contributed by atoms with E-state index in [4.69, 9.17) is 14.2 Å². The monoisotopic (exact) mass is 472 g/mol. The minimum absolute atomic E-state index is 0.0911. The largest absolute Gasteiger partial charge is 0.455 e. The molecule has 0 fully saturated rings. The topological polar surface area (TPSA) is 103 Å². The molecule has 0 heterocycles. The number of amides is 2. The molecule has 8 nitrogen and oxygen atoms in total. The second-order valence-electron chi connectivity index (χ2n) is 12.3. The van der Waals surface area contributed by atoms with E-state index in [1.165, 1.54) is 0 Å². The van der Waals surface area contributed by atoms with Gasteiger partial charge in [-0.1, -0.05) is 75.2 Å². The van der Waals surface area contributed by atoms with Crippen LogP contribution in [0.25, 0.3) is 0 Å². The number of alkyl carbamates (subject to hydrolysis) is 2. The number of unbranched alkanes of at least 4 members (excludes halogenated alkanes) is 2. The van der Waals surface area contributed by atoms with E-state index < -0.39 is 24.3 Å². The first kappa shape index (κ1) is 31.0. The fourth-order valence-electron chi connectivity index (χ4n) is 2.58. The van der Waals surface area contributed by atoms with Gasteiger partial charge in [-0.05, 0) is 29.1 Å². The SMILES string of the molecule is CC(C)(C)CCCCCC(=O)OC(COC(=O)NCC(C)(C)C)COC(=O)NCC(C)(C)C. The normalized spacial score (nSPS) is 12.3. The lowest BCUT2D eigenvalue weighted by Crippen LogP contribution is -2.38. The minimum Gasteiger partial charge on any atom is -0.455 e. The third-order valence-electron chi connectivity index (χ3n) is 4.43. The lowest BCUT2D eigenvalue weighted by atomic mass is 9.89. The molecule has 0 aliphatic rings. The van der Waals surface area contributed by atoms with Crippen LogP contribution in [0.2, 0.25) is 0 Å². The molecule has 0 radical (unpaired) electrons. The van der Waals surface area contributed by atoms with Crippen LogP contribution in [-0.4, -0.2) is 50.6 Å². The molecule has 0 aliphatic carbocycles. The van der Waals surface area contributed by atoms with Crippen molar-refractivity contribution in [1.29, 1.82) is 0 Å². The summed E-state index contributed by atoms with van der Waals surface area (Å²) in [4.78, 5) is 36.2. The van der Waals surface area contributed by atoms with Crippen molar-refractivity contribution in [3.63, 3.8) is 0 Å². The lowest BCUT2D eigenvalue weighted by molar-refractivity contribution is -0.153. The van der Waals surface area contributed by atoms with Crippen LogP contribution in [0.5, 0.6) is 0 Å². The molecule has 33 heavy (non-hydrogen) atoms. The highest BCUT2D eigenvalue weighted by Crippen LogP contribution is 2.22. The molecule has 0 atom stereocenters. The van der Waals surface area contributed by atoms with Gasteiger partial charge in [0.2, 0.25) is 0 Å². The summed E-state index contributed by atoms with van der Waals surface area (Å²) in [5, 5.41) is 5.34. The van der Waals surface area contributed by atoms with E-state index in [2.05, 4.69) is 31.4 Å². The Morgan fingerprint density at radius 1 is 0.667 bits per heavy atom. The molecule has 2 amide bonds. The predicted octanol–water partition coefficient (Wildman–Crippen LogP) is 5.44. The summed E-state index contributed by atoms with van der Waals surface area (Å²) in [5.74, 6) is -0.395. The van der Waals surface area contributed by atoms with Gasteiger partial charge in [0.05, 0.1) is 0 Å². The Labute approximate surface area is 200 Å². The van der Waals surface area contributed by atoms with Crippen molar-refractivity contribution >= 4 is 18.2 Å². The summed E-state index contributed by atoms with van der Waals surface area (Å²) < 4.78 is 15.8. The molecule has 0 unspecified atom stereocenters. The fourth-order valence-corrected chi connectivity index (χ4v) is 2.58. The van der Waals surface area contributed by atoms with Crippen LogP contribution < -0.4 is 10.6 Å². The molecule has 0 aromatic heterocycles. The van der Waals surface area contributed by atoms with Gasteiger partial charge < -0.3 is 24.8 Å². The van der Waals surface area contributed by atoms with Gasteiger partial charge in [0.25, 0.3) is 0 Å². The van der Waals surface area contributed by atoms with Gasteiger partial charge in [-0.2, -0.15) is 0 Å². The number of hydrogen-bond donors (Lipinski definition) is 2. The van der Waals surface area contributed by atoms with Crippen molar-refractivity contribution in [2.75, 3.05) is 26.3 Å². The van der Waals surface area contributed by atoms with Crippen molar-refractivity contribution in [2.45, 2.75) is 101 Å². The number of ether oxygens (including phenoxy) is 3. The molecule has 0 saturated heterocycles. The van der Waals surface area contributed by atoms with Crippen molar-refractivity contribution in [1.82, 2.24) is 10.6 Å². The molecule has 0 aromatic carbocycles. The quantitative estimate of drug-likeness (QED) is 0.223. The number of nitrogens with one attached hydrogen (secondary N) is 2. The van der Waals surface area contributed by atoms with Gasteiger partial charge in [-0.25, -0.2) is 9.59 Å². The summed E-state index contributed by atoms with van der Waals surface area (Å²) in [5.41, 5.74) is 0.0969. The Hall–Kier alpha value is -1.99. The van der Waals surface area contributed by atoms with Gasteiger partial charge >= 0.3 is 18.2 Å². The second-order valence-corrected chi connectivity index (χ2v) is 12.3. The molecular formula is C25H48N2O6. The molecule has 0 aliphatic heterocycles. The van der Waals surface area contributed by atoms with E-state index in [9.17, 15) is 14.4 Å². The highest BCUT2D eigenvalue weighted by molar-refractivity contribution is 5.70. The maximum absolute atomic E-state index is 12.3. The molecule has 0 saturated carbocycles. The van der Waals surface area contributed by atoms with Gasteiger partial charge in [0, 0.05) is 19.5 Å². The van der Waals surface area contributed by atoms with E-state index >= 15 is 0 Å². The maximum atomic E-state index is 12.3. The van der Waals surface area contributed by atoms with Crippen LogP contribution in [0.3, 0.4) is 0 Å². The van der Waals surface area contributed by atoms with Crippen molar-refractivity contribution < 1.29 is 28.6 Å². The molecule has 194 valence electrons. The van der Waals surface area contributed by atoms with E-state index in [0.717, 1.165) is 25.7 Å². The Bertz CT molecular complexity index is 565. The molecule has 0 bridgehead atoms. The van der Waals surface area contributed by atoms with Gasteiger partial charge in [0.15, 0.2) is 6.10 Å². The zero-order valence-electron chi connectivity index (χ0n) is 22.4. The van der Waals surface area contributed by atoms with Crippen LogP contribution in [0.15, 0.2) is 0 Å². The summed E-state index contributed by atoms with van der Waals surface area (Å²) in [6, 6.07) is 0. The van der Waals surface area contributed by atoms with Crippen molar-refractivity contribution in [2.24, 2.45) is 16.2 Å². The van der Waals surface area contributed by atoms with E-state index in [0.29, 0.717) is 13.1 Å². The summed E-state index contributed by atoms with van der Waals surface area (Å²) in [6.07, 6.45) is 2.00. The minimum atomic E-state index is -0.868. The molecular weight excluding hydrogens is 424 g/mol. The molecule has 0 spiro atoms. The Morgan fingerprint density at radius 3 is 1.52 bits per heavy atom. The first-order valence-corrected chi connectivity index (χ1v) is 12.0. The number of carbonyl (C=O) groups is 3. The Kier molecular flexibility index (Phi) is 13.4. The second kappa shape index (κ2) is 14.3. The van der Waals surface area contributed by atoms with E-state index in [1.807, 2.05) is 41.5 Å². The predicted molar refractivity (Wildman–Crippen MR) is 130 cm³/mol. The zero-order valence-corrected chi connectivity index (χ0v) is 22.4. The van der Waals surface area contributed by atoms with Gasteiger partial charge in [-0.3, -0.25) is 4.79 Å². The van der Waals surface area contributed by atoms with Gasteiger partial charge in [-0.15, -0.1) is 0 Å². The lowest BCUT2D eigenvalue weighted by Gasteiger charge is -2.22. The number of carbonyl (C=O) groups excluding carboxylic acids is 3. The maximum Gasteiger partial charge on any atom is 0.407 e. The average Bonchev–Trinajstić information content (AvgIpc) is 2.64. The van der Waals surface area contributed by atoms with Crippen LogP contribution in [0.4, 0.5) is 9.59 Å². The molecule has 2 N–H and O–H groups in total. The van der Waals surface area contributed by atoms with Crippen LogP contribution >= 0.6 is 0 Å². The first-order valence-electron chi connectivity index (χ1n) is 12.0. The van der Waals surface area contributed by atoms with E-state index in [-0.39, 0.29) is 35.9 Å². The number of esters is 1. The molecule has 8 heteroatoms. The van der Waals surface area contributed by atoms with Crippen molar-refractivity contribution in [3.05, 3.63) is 0 Å². The standard InChI is InChI=1S/C25H48N2O6/c1-23(2,3)14-12-10-11-13-20(28)33-19(15-31-21(29)26-17-24(4,5)6)16-32-22(30)27-18-25(7,8)9/h19H,10-18H2,1-9H3,(H,26,29)(H,27,30). The highest BCUT2D eigenvalue weighted by atomic mass is 16.6. The first-order chi connectivity index (χ1) is 15.0. The number of hydrogen-bond acceptors (Lipinski definition) is 6. The summed E-state index contributed by atoms with van der Waals surface area (Å²) in [7, 11) is 0. The molecule has 0 aromatic rings. The van der Waals surface area contributed by atoms with Crippen molar-refractivity contribution in [3.8, 4) is 0 Å². The van der Waals surface area contributed by atoms with E-state index in [1.54, 1.807) is 0 Å². The van der Waals surface area contributed by atoms with Crippen LogP contribution in [-0.2, 0) is 19.0 Å². The Morgan fingerprint density at radius 2 is 1.12 bits per heavy atom. The van der Waals surface area contributed by atoms with Crippen LogP contribution in [0, 0.1) is 16.2 Å². The Balaban J connectivity index is 4.61. The third-order valence-corrected chi connectivity index (χ3v) is 4.43. The zero-order chi connectivity index (χ0) is 25.7. The average molecular weight is 473 g/mol. The summed E-state index contributed by atoms with van der Waals surface area (Å²) in [6.45, 7) is 19.0. The highest BCUT2D eigenvalue weighted by Gasteiger charge is 2.21. The summed E-state index contributed by atoms with van der Waals surface area (Å²) >= 11 is 0. The van der Waals surface area contributed by atoms with Crippen LogP contribution in [0.1, 0.15) is 94.4 Å². The molecule has 0 rings (SSSR count). The van der Waals surface area contributed by atoms with Gasteiger partial charge in [0.1, 0.15) is 13.2 Å². The number of rotatable bonds is 12. The smallest absolute Gasteiger partial charge is 0.407 e.